The summed E-state index contributed by atoms with van der Waals surface area (Å²) in [7, 11) is 1.30. The summed E-state index contributed by atoms with van der Waals surface area (Å²) in [6, 6.07) is 7.79. The van der Waals surface area contributed by atoms with Crippen LogP contribution in [0.5, 0.6) is 0 Å². The van der Waals surface area contributed by atoms with Gasteiger partial charge in [-0.3, -0.25) is 0 Å². The van der Waals surface area contributed by atoms with Gasteiger partial charge in [0.1, 0.15) is 7.05 Å². The molecule has 4 nitrogen and oxygen atoms in total. The zero-order chi connectivity index (χ0) is 11.1. The molecule has 80 valence electrons. The van der Waals surface area contributed by atoms with Gasteiger partial charge in [0.2, 0.25) is 5.69 Å². The lowest BCUT2D eigenvalue weighted by Gasteiger charge is -1.97. The maximum absolute atomic E-state index is 10.5. The highest BCUT2D eigenvalue weighted by Crippen LogP contribution is 2.14. The van der Waals surface area contributed by atoms with Gasteiger partial charge in [0.05, 0.1) is 9.98 Å². The van der Waals surface area contributed by atoms with Crippen LogP contribution in [-0.2, 0) is 6.42 Å². The molecule has 0 atom stereocenters. The Morgan fingerprint density at radius 1 is 1.27 bits per heavy atom. The zero-order valence-electron chi connectivity index (χ0n) is 9.18. The lowest BCUT2D eigenvalue weighted by atomic mass is 10.1. The van der Waals surface area contributed by atoms with E-state index in [0.29, 0.717) is 10.6 Å². The maximum atomic E-state index is 10.5. The highest BCUT2D eigenvalue weighted by atomic mass is 16.3. The number of benzene rings is 1. The van der Waals surface area contributed by atoms with Gasteiger partial charge in [-0.2, -0.15) is 0 Å². The molecule has 0 unspecified atom stereocenters. The standard InChI is InChI=1S/C11H16N3O/c1-3-4-5-10-6-8-11(9-7-10)12-13-14(2)15/h6-9H,3-5H2,1-2H3/q+1. The number of hydrogen-bond acceptors (Lipinski definition) is 2. The Bertz CT molecular complexity index is 343. The van der Waals surface area contributed by atoms with Gasteiger partial charge in [0.15, 0.2) is 5.22 Å². The van der Waals surface area contributed by atoms with Crippen molar-refractivity contribution in [1.82, 2.24) is 0 Å². The molecule has 15 heavy (non-hydrogen) atoms. The second-order valence-electron chi connectivity index (χ2n) is 3.42. The number of rotatable bonds is 5. The van der Waals surface area contributed by atoms with Crippen LogP contribution in [-0.4, -0.2) is 11.9 Å². The summed E-state index contributed by atoms with van der Waals surface area (Å²) in [6.45, 7) is 2.17. The number of aryl methyl sites for hydroxylation is 1. The number of nitrogens with zero attached hydrogens (tertiary/aromatic N) is 3. The van der Waals surface area contributed by atoms with E-state index in [1.54, 1.807) is 0 Å². The molecule has 0 saturated heterocycles. The highest BCUT2D eigenvalue weighted by molar-refractivity contribution is 5.37. The molecule has 0 amide bonds. The molecule has 0 N–H and O–H groups in total. The summed E-state index contributed by atoms with van der Waals surface area (Å²) in [4.78, 5) is 10.9. The molecule has 0 heterocycles. The van der Waals surface area contributed by atoms with Crippen LogP contribution < -0.4 is 0 Å². The van der Waals surface area contributed by atoms with E-state index in [9.17, 15) is 4.91 Å². The summed E-state index contributed by atoms with van der Waals surface area (Å²) in [6.07, 6.45) is 3.49. The zero-order valence-corrected chi connectivity index (χ0v) is 9.18. The third-order valence-electron chi connectivity index (χ3n) is 2.04. The van der Waals surface area contributed by atoms with Gasteiger partial charge in [-0.15, -0.1) is 0 Å². The Labute approximate surface area is 89.6 Å². The first-order valence-electron chi connectivity index (χ1n) is 5.14. The molecule has 0 radical (unpaired) electrons. The molecule has 0 aliphatic heterocycles. The normalized spacial score (nSPS) is 10.8. The molecule has 1 rings (SSSR count). The second kappa shape index (κ2) is 6.01. The predicted octanol–water partition coefficient (Wildman–Crippen LogP) is 3.44. The summed E-state index contributed by atoms with van der Waals surface area (Å²) >= 11 is 0. The topological polar surface area (TPSA) is 44.8 Å². The largest absolute Gasteiger partial charge is 0.203 e. The predicted molar refractivity (Wildman–Crippen MR) is 59.1 cm³/mol. The Morgan fingerprint density at radius 3 is 2.47 bits per heavy atom. The molecule has 0 saturated carbocycles. The van der Waals surface area contributed by atoms with Crippen molar-refractivity contribution in [2.24, 2.45) is 10.3 Å². The first-order valence-corrected chi connectivity index (χ1v) is 5.14. The van der Waals surface area contributed by atoms with Crippen molar-refractivity contribution < 1.29 is 4.87 Å². The van der Waals surface area contributed by atoms with Crippen LogP contribution in [0.15, 0.2) is 34.6 Å². The molecular weight excluding hydrogens is 190 g/mol. The van der Waals surface area contributed by atoms with Gasteiger partial charge in [-0.25, -0.2) is 0 Å². The van der Waals surface area contributed by atoms with Gasteiger partial charge in [0.25, 0.3) is 0 Å². The Balaban J connectivity index is 2.60. The van der Waals surface area contributed by atoms with Crippen LogP contribution in [0.3, 0.4) is 0 Å². The van der Waals surface area contributed by atoms with E-state index in [1.807, 2.05) is 24.3 Å². The van der Waals surface area contributed by atoms with Crippen LogP contribution in [0.25, 0.3) is 0 Å². The van der Waals surface area contributed by atoms with Crippen LogP contribution in [0.4, 0.5) is 5.69 Å². The van der Waals surface area contributed by atoms with Crippen molar-refractivity contribution in [3.63, 3.8) is 0 Å². The van der Waals surface area contributed by atoms with Crippen LogP contribution in [0.2, 0.25) is 0 Å². The van der Waals surface area contributed by atoms with Crippen molar-refractivity contribution >= 4 is 5.69 Å². The average Bonchev–Trinajstić information content (AvgIpc) is 2.25. The van der Waals surface area contributed by atoms with E-state index in [1.165, 1.54) is 25.5 Å². The van der Waals surface area contributed by atoms with Crippen LogP contribution >= 0.6 is 0 Å². The molecule has 0 aliphatic carbocycles. The van der Waals surface area contributed by atoms with Gasteiger partial charge < -0.3 is 0 Å². The molecule has 4 heteroatoms. The highest BCUT2D eigenvalue weighted by Gasteiger charge is 1.99. The third kappa shape index (κ3) is 4.44. The van der Waals surface area contributed by atoms with Crippen molar-refractivity contribution in [3.05, 3.63) is 34.7 Å². The summed E-state index contributed by atoms with van der Waals surface area (Å²) < 4.78 is 0. The van der Waals surface area contributed by atoms with Crippen molar-refractivity contribution in [3.8, 4) is 0 Å². The molecule has 0 aromatic heterocycles. The molecule has 1 aromatic rings. The average molecular weight is 206 g/mol. The quantitative estimate of drug-likeness (QED) is 0.413. The Morgan fingerprint density at radius 2 is 1.93 bits per heavy atom. The van der Waals surface area contributed by atoms with Gasteiger partial charge in [-0.05, 0) is 35.4 Å². The summed E-state index contributed by atoms with van der Waals surface area (Å²) in [5.74, 6) is 0. The minimum Gasteiger partial charge on any atom is -0.0654 e. The monoisotopic (exact) mass is 206 g/mol. The molecule has 0 aliphatic rings. The lowest BCUT2D eigenvalue weighted by molar-refractivity contribution is -0.532. The smallest absolute Gasteiger partial charge is 0.0654 e. The SMILES string of the molecule is CCCCc1ccc(N=N[N+](C)=O)cc1. The fourth-order valence-electron chi connectivity index (χ4n) is 1.22. The van der Waals surface area contributed by atoms with Crippen molar-refractivity contribution in [2.75, 3.05) is 7.05 Å². The number of hydrogen-bond donors (Lipinski definition) is 0. The Kier molecular flexibility index (Phi) is 4.60. The van der Waals surface area contributed by atoms with E-state index in [2.05, 4.69) is 17.3 Å². The van der Waals surface area contributed by atoms with Gasteiger partial charge in [-0.1, -0.05) is 25.5 Å². The lowest BCUT2D eigenvalue weighted by Crippen LogP contribution is -1.85. The van der Waals surface area contributed by atoms with E-state index >= 15 is 0 Å². The maximum Gasteiger partial charge on any atom is 0.203 e. The third-order valence-corrected chi connectivity index (χ3v) is 2.04. The first-order chi connectivity index (χ1) is 7.22. The molecule has 0 fully saturated rings. The minimum absolute atomic E-state index is 0.436. The van der Waals surface area contributed by atoms with Gasteiger partial charge in [0, 0.05) is 0 Å². The van der Waals surface area contributed by atoms with Crippen LogP contribution in [0, 0.1) is 4.91 Å². The van der Waals surface area contributed by atoms with E-state index in [0.717, 1.165) is 6.42 Å². The fraction of sp³-hybridized carbons (Fsp3) is 0.455. The van der Waals surface area contributed by atoms with E-state index < -0.39 is 0 Å². The molecular formula is C11H16N3O+. The molecule has 1 aromatic carbocycles. The van der Waals surface area contributed by atoms with E-state index in [4.69, 9.17) is 0 Å². The second-order valence-corrected chi connectivity index (χ2v) is 3.42. The number of unbranched alkanes of at least 4 members (excludes halogenated alkanes) is 1. The first kappa shape index (κ1) is 11.5. The summed E-state index contributed by atoms with van der Waals surface area (Å²) in [5.41, 5.74) is 2.00. The van der Waals surface area contributed by atoms with Crippen LogP contribution in [0.1, 0.15) is 25.3 Å². The minimum atomic E-state index is 0.436. The van der Waals surface area contributed by atoms with Crippen molar-refractivity contribution in [2.45, 2.75) is 26.2 Å². The van der Waals surface area contributed by atoms with Crippen molar-refractivity contribution in [1.29, 1.82) is 0 Å². The van der Waals surface area contributed by atoms with E-state index in [-0.39, 0.29) is 0 Å². The number of nitroso groups, excluding NO2 is 1. The Hall–Kier alpha value is -1.58. The summed E-state index contributed by atoms with van der Waals surface area (Å²) in [5, 5.41) is 7.15. The fourth-order valence-corrected chi connectivity index (χ4v) is 1.22. The van der Waals surface area contributed by atoms with Gasteiger partial charge >= 0.3 is 0 Å². The molecule has 0 spiro atoms. The molecule has 0 bridgehead atoms.